The van der Waals surface area contributed by atoms with Gasteiger partial charge in [0.25, 0.3) is 0 Å². The largest absolute Gasteiger partial charge is 0.381 e. The number of rotatable bonds is 6. The minimum Gasteiger partial charge on any atom is -0.381 e. The van der Waals surface area contributed by atoms with Crippen LogP contribution in [0.4, 0.5) is 14.6 Å². The maximum atomic E-state index is 13.6. The minimum absolute atomic E-state index is 0.136. The van der Waals surface area contributed by atoms with Crippen molar-refractivity contribution in [3.63, 3.8) is 0 Å². The fraction of sp³-hybridized carbons (Fsp3) is 0.312. The Morgan fingerprint density at radius 3 is 2.88 bits per heavy atom. The molecule has 0 atom stereocenters. The lowest BCUT2D eigenvalue weighted by Crippen LogP contribution is -2.29. The molecule has 0 saturated heterocycles. The first-order valence-corrected chi connectivity index (χ1v) is 7.33. The highest BCUT2D eigenvalue weighted by Gasteiger charge is 2.14. The molecule has 0 aliphatic carbocycles. The molecule has 1 amide bonds. The zero-order chi connectivity index (χ0) is 17.7. The van der Waals surface area contributed by atoms with Crippen molar-refractivity contribution < 1.29 is 13.6 Å². The fourth-order valence-electron chi connectivity index (χ4n) is 2.28. The van der Waals surface area contributed by atoms with Gasteiger partial charge in [0.15, 0.2) is 5.82 Å². The van der Waals surface area contributed by atoms with E-state index < -0.39 is 11.6 Å². The molecule has 0 aliphatic rings. The second kappa shape index (κ2) is 7.55. The van der Waals surface area contributed by atoms with Gasteiger partial charge >= 0.3 is 0 Å². The van der Waals surface area contributed by atoms with E-state index in [1.165, 1.54) is 11.0 Å². The number of hydrogen-bond acceptors (Lipinski definition) is 4. The van der Waals surface area contributed by atoms with Crippen LogP contribution in [0.2, 0.25) is 0 Å². The topological polar surface area (TPSA) is 98.8 Å². The molecule has 0 spiro atoms. The predicted octanol–water partition coefficient (Wildman–Crippen LogP) is 1.78. The molecular weight excluding hydrogens is 316 g/mol. The van der Waals surface area contributed by atoms with Crippen LogP contribution in [0.15, 0.2) is 18.2 Å². The Labute approximate surface area is 137 Å². The SMILES string of the molecule is CN(CCCc1[nH]nc(N)c1C#N)C(=O)Cc1ccc(F)cc1F. The van der Waals surface area contributed by atoms with Crippen molar-refractivity contribution in [3.05, 3.63) is 46.7 Å². The highest BCUT2D eigenvalue weighted by Crippen LogP contribution is 2.14. The number of carbonyl (C=O) groups is 1. The zero-order valence-electron chi connectivity index (χ0n) is 13.1. The fourth-order valence-corrected chi connectivity index (χ4v) is 2.28. The van der Waals surface area contributed by atoms with Crippen molar-refractivity contribution in [1.82, 2.24) is 15.1 Å². The van der Waals surface area contributed by atoms with E-state index in [1.54, 1.807) is 7.05 Å². The molecule has 0 radical (unpaired) electrons. The van der Waals surface area contributed by atoms with E-state index in [9.17, 15) is 13.6 Å². The Balaban J connectivity index is 1.86. The number of carbonyl (C=O) groups excluding carboxylic acids is 1. The summed E-state index contributed by atoms with van der Waals surface area (Å²) in [7, 11) is 1.61. The number of aromatic nitrogens is 2. The summed E-state index contributed by atoms with van der Waals surface area (Å²) in [6, 6.07) is 5.12. The lowest BCUT2D eigenvalue weighted by atomic mass is 10.1. The summed E-state index contributed by atoms with van der Waals surface area (Å²) in [5.74, 6) is -1.53. The maximum Gasteiger partial charge on any atom is 0.226 e. The maximum absolute atomic E-state index is 13.6. The number of aryl methyl sites for hydroxylation is 1. The normalized spacial score (nSPS) is 10.4. The first kappa shape index (κ1) is 17.4. The van der Waals surface area contributed by atoms with E-state index in [4.69, 9.17) is 11.0 Å². The smallest absolute Gasteiger partial charge is 0.226 e. The average molecular weight is 333 g/mol. The number of aromatic amines is 1. The van der Waals surface area contributed by atoms with Crippen molar-refractivity contribution in [1.29, 1.82) is 5.26 Å². The molecule has 1 heterocycles. The molecule has 0 aliphatic heterocycles. The van der Waals surface area contributed by atoms with Crippen LogP contribution >= 0.6 is 0 Å². The van der Waals surface area contributed by atoms with Gasteiger partial charge in [-0.3, -0.25) is 9.89 Å². The van der Waals surface area contributed by atoms with E-state index in [2.05, 4.69) is 10.2 Å². The summed E-state index contributed by atoms with van der Waals surface area (Å²) in [6.07, 6.45) is 0.961. The van der Waals surface area contributed by atoms with Crippen molar-refractivity contribution in [2.75, 3.05) is 19.3 Å². The summed E-state index contributed by atoms with van der Waals surface area (Å²) < 4.78 is 26.4. The van der Waals surface area contributed by atoms with Gasteiger partial charge in [-0.25, -0.2) is 8.78 Å². The Hall–Kier alpha value is -2.95. The molecule has 1 aromatic carbocycles. The summed E-state index contributed by atoms with van der Waals surface area (Å²) >= 11 is 0. The number of halogens is 2. The standard InChI is InChI=1S/C16H17F2N5O/c1-23(6-2-3-14-12(9-19)16(20)22-21-14)15(24)7-10-4-5-11(17)8-13(10)18/h4-5,8H,2-3,6-7H2,1H3,(H3,20,21,22). The van der Waals surface area contributed by atoms with Gasteiger partial charge in [0.05, 0.1) is 12.1 Å². The van der Waals surface area contributed by atoms with Crippen molar-refractivity contribution in [3.8, 4) is 6.07 Å². The van der Waals surface area contributed by atoms with Crippen LogP contribution in [0.3, 0.4) is 0 Å². The molecule has 3 N–H and O–H groups in total. The molecule has 0 fully saturated rings. The van der Waals surface area contributed by atoms with Crippen LogP contribution in [-0.4, -0.2) is 34.6 Å². The first-order valence-electron chi connectivity index (χ1n) is 7.33. The van der Waals surface area contributed by atoms with Gasteiger partial charge in [-0.2, -0.15) is 10.4 Å². The molecule has 126 valence electrons. The van der Waals surface area contributed by atoms with Gasteiger partial charge in [-0.05, 0) is 24.5 Å². The first-order chi connectivity index (χ1) is 11.4. The van der Waals surface area contributed by atoms with Gasteiger partial charge in [0.1, 0.15) is 23.3 Å². The predicted molar refractivity (Wildman–Crippen MR) is 83.7 cm³/mol. The zero-order valence-corrected chi connectivity index (χ0v) is 13.1. The highest BCUT2D eigenvalue weighted by atomic mass is 19.1. The molecule has 6 nitrogen and oxygen atoms in total. The molecule has 0 unspecified atom stereocenters. The number of nitrogens with zero attached hydrogens (tertiary/aromatic N) is 3. The lowest BCUT2D eigenvalue weighted by molar-refractivity contribution is -0.129. The Kier molecular flexibility index (Phi) is 5.47. The van der Waals surface area contributed by atoms with Gasteiger partial charge in [0.2, 0.25) is 5.91 Å². The molecule has 8 heteroatoms. The number of amides is 1. The number of likely N-dealkylation sites (N-methyl/N-ethyl adjacent to an activating group) is 1. The molecule has 2 rings (SSSR count). The lowest BCUT2D eigenvalue weighted by Gasteiger charge is -2.17. The quantitative estimate of drug-likeness (QED) is 0.841. The number of nitrogens with two attached hydrogens (primary N) is 1. The number of nitrogens with one attached hydrogen (secondary N) is 1. The number of H-pyrrole nitrogens is 1. The minimum atomic E-state index is -0.733. The number of nitriles is 1. The van der Waals surface area contributed by atoms with Crippen LogP contribution in [0.1, 0.15) is 23.2 Å². The highest BCUT2D eigenvalue weighted by molar-refractivity contribution is 5.78. The van der Waals surface area contributed by atoms with Crippen LogP contribution in [0.25, 0.3) is 0 Å². The van der Waals surface area contributed by atoms with E-state index in [1.807, 2.05) is 6.07 Å². The van der Waals surface area contributed by atoms with Crippen molar-refractivity contribution in [2.45, 2.75) is 19.3 Å². The van der Waals surface area contributed by atoms with Gasteiger partial charge in [-0.1, -0.05) is 6.07 Å². The molecule has 0 bridgehead atoms. The average Bonchev–Trinajstić information content (AvgIpc) is 2.89. The molecule has 2 aromatic rings. The van der Waals surface area contributed by atoms with Crippen LogP contribution in [-0.2, 0) is 17.6 Å². The molecular formula is C16H17F2N5O. The molecule has 24 heavy (non-hydrogen) atoms. The summed E-state index contributed by atoms with van der Waals surface area (Å²) in [4.78, 5) is 13.6. The third-order valence-electron chi connectivity index (χ3n) is 3.68. The third-order valence-corrected chi connectivity index (χ3v) is 3.68. The summed E-state index contributed by atoms with van der Waals surface area (Å²) in [5.41, 5.74) is 6.65. The van der Waals surface area contributed by atoms with Crippen molar-refractivity contribution >= 4 is 11.7 Å². The molecule has 1 aromatic heterocycles. The number of hydrogen-bond donors (Lipinski definition) is 2. The van der Waals surface area contributed by atoms with E-state index >= 15 is 0 Å². The third kappa shape index (κ3) is 4.07. The van der Waals surface area contributed by atoms with E-state index in [0.717, 1.165) is 12.1 Å². The molecule has 0 saturated carbocycles. The monoisotopic (exact) mass is 333 g/mol. The summed E-state index contributed by atoms with van der Waals surface area (Å²) in [5, 5.41) is 15.4. The number of nitrogen functional groups attached to an aromatic ring is 1. The second-order valence-electron chi connectivity index (χ2n) is 5.41. The Morgan fingerprint density at radius 1 is 1.46 bits per heavy atom. The second-order valence-corrected chi connectivity index (χ2v) is 5.41. The van der Waals surface area contributed by atoms with Crippen LogP contribution in [0, 0.1) is 23.0 Å². The van der Waals surface area contributed by atoms with Crippen molar-refractivity contribution in [2.24, 2.45) is 0 Å². The van der Waals surface area contributed by atoms with Crippen LogP contribution in [0.5, 0.6) is 0 Å². The van der Waals surface area contributed by atoms with E-state index in [-0.39, 0.29) is 23.7 Å². The Bertz CT molecular complexity index is 781. The van der Waals surface area contributed by atoms with E-state index in [0.29, 0.717) is 30.6 Å². The van der Waals surface area contributed by atoms with Crippen LogP contribution < -0.4 is 5.73 Å². The van der Waals surface area contributed by atoms with Gasteiger partial charge in [0, 0.05) is 19.7 Å². The van der Waals surface area contributed by atoms with Gasteiger partial charge < -0.3 is 10.6 Å². The number of anilines is 1. The Morgan fingerprint density at radius 2 is 2.21 bits per heavy atom. The van der Waals surface area contributed by atoms with Gasteiger partial charge in [-0.15, -0.1) is 0 Å². The number of benzene rings is 1. The summed E-state index contributed by atoms with van der Waals surface area (Å²) in [6.45, 7) is 0.422.